The number of aliphatic hydroxyl groups is 2. The van der Waals surface area contributed by atoms with Crippen molar-refractivity contribution in [3.63, 3.8) is 0 Å². The van der Waals surface area contributed by atoms with Crippen LogP contribution in [-0.4, -0.2) is 50.0 Å². The first kappa shape index (κ1) is 17.5. The standard InChI is InChI=1S/C16H17ClFN5O2/c1-22(5-10-2-3-13(18)12(17)4-10)15-14-16(20-8-19-15)23(9-21-14)11(6-24)7-25/h2-4,8-9,11,24-25H,5-7H2,1H3. The first-order valence-corrected chi connectivity index (χ1v) is 7.97. The van der Waals surface area contributed by atoms with E-state index in [4.69, 9.17) is 11.6 Å². The molecule has 0 bridgehead atoms. The zero-order valence-corrected chi connectivity index (χ0v) is 14.2. The summed E-state index contributed by atoms with van der Waals surface area (Å²) in [5.74, 6) is 0.120. The molecule has 0 saturated heterocycles. The molecule has 0 saturated carbocycles. The summed E-state index contributed by atoms with van der Waals surface area (Å²) in [7, 11) is 1.83. The highest BCUT2D eigenvalue weighted by molar-refractivity contribution is 6.30. The third-order valence-electron chi connectivity index (χ3n) is 3.92. The number of aliphatic hydroxyl groups excluding tert-OH is 2. The molecular formula is C16H17ClFN5O2. The van der Waals surface area contributed by atoms with E-state index in [-0.39, 0.29) is 18.2 Å². The Labute approximate surface area is 148 Å². The van der Waals surface area contributed by atoms with Crippen LogP contribution in [0.1, 0.15) is 11.6 Å². The van der Waals surface area contributed by atoms with Gasteiger partial charge in [-0.1, -0.05) is 17.7 Å². The Morgan fingerprint density at radius 2 is 2.00 bits per heavy atom. The Kier molecular flexibility index (Phi) is 5.12. The zero-order chi connectivity index (χ0) is 18.0. The molecule has 2 heterocycles. The number of aromatic nitrogens is 4. The number of hydrogen-bond donors (Lipinski definition) is 2. The first-order valence-electron chi connectivity index (χ1n) is 7.59. The molecule has 0 aliphatic carbocycles. The maximum absolute atomic E-state index is 13.3. The summed E-state index contributed by atoms with van der Waals surface area (Å²) >= 11 is 5.83. The summed E-state index contributed by atoms with van der Waals surface area (Å²) in [5, 5.41) is 18.8. The van der Waals surface area contributed by atoms with E-state index in [2.05, 4.69) is 15.0 Å². The lowest BCUT2D eigenvalue weighted by Crippen LogP contribution is -2.19. The minimum absolute atomic E-state index is 0.0664. The Bertz CT molecular complexity index is 884. The monoisotopic (exact) mass is 365 g/mol. The maximum atomic E-state index is 13.3. The van der Waals surface area contributed by atoms with Gasteiger partial charge in [0.2, 0.25) is 0 Å². The van der Waals surface area contributed by atoms with Crippen LogP contribution >= 0.6 is 11.6 Å². The van der Waals surface area contributed by atoms with E-state index in [1.54, 1.807) is 16.7 Å². The molecule has 7 nitrogen and oxygen atoms in total. The average molecular weight is 366 g/mol. The van der Waals surface area contributed by atoms with E-state index in [9.17, 15) is 14.6 Å². The lowest BCUT2D eigenvalue weighted by atomic mass is 10.2. The number of hydrogen-bond acceptors (Lipinski definition) is 6. The Morgan fingerprint density at radius 1 is 1.24 bits per heavy atom. The van der Waals surface area contributed by atoms with E-state index >= 15 is 0 Å². The highest BCUT2D eigenvalue weighted by atomic mass is 35.5. The Morgan fingerprint density at radius 3 is 2.68 bits per heavy atom. The van der Waals surface area contributed by atoms with Crippen molar-refractivity contribution >= 4 is 28.6 Å². The second-order valence-electron chi connectivity index (χ2n) is 5.64. The number of anilines is 1. The molecule has 0 aliphatic heterocycles. The van der Waals surface area contributed by atoms with Crippen molar-refractivity contribution in [1.29, 1.82) is 0 Å². The van der Waals surface area contributed by atoms with Crippen LogP contribution in [0.15, 0.2) is 30.9 Å². The van der Waals surface area contributed by atoms with Crippen molar-refractivity contribution < 1.29 is 14.6 Å². The second-order valence-corrected chi connectivity index (χ2v) is 6.05. The first-order chi connectivity index (χ1) is 12.0. The highest BCUT2D eigenvalue weighted by Crippen LogP contribution is 2.25. The minimum Gasteiger partial charge on any atom is -0.394 e. The Hall–Kier alpha value is -2.29. The van der Waals surface area contributed by atoms with Gasteiger partial charge in [0.1, 0.15) is 12.1 Å². The summed E-state index contributed by atoms with van der Waals surface area (Å²) in [5.41, 5.74) is 1.89. The predicted molar refractivity (Wildman–Crippen MR) is 92.0 cm³/mol. The number of imidazole rings is 1. The van der Waals surface area contributed by atoms with Crippen LogP contribution in [0.4, 0.5) is 10.2 Å². The second kappa shape index (κ2) is 7.30. The van der Waals surface area contributed by atoms with Gasteiger partial charge in [-0.3, -0.25) is 0 Å². The molecule has 9 heteroatoms. The average Bonchev–Trinajstić information content (AvgIpc) is 3.03. The quantitative estimate of drug-likeness (QED) is 0.692. The number of halogens is 2. The smallest absolute Gasteiger partial charge is 0.165 e. The van der Waals surface area contributed by atoms with Crippen molar-refractivity contribution in [3.8, 4) is 0 Å². The van der Waals surface area contributed by atoms with Crippen LogP contribution in [0.25, 0.3) is 11.2 Å². The topological polar surface area (TPSA) is 87.3 Å². The van der Waals surface area contributed by atoms with Gasteiger partial charge in [0.25, 0.3) is 0 Å². The maximum Gasteiger partial charge on any atom is 0.165 e. The van der Waals surface area contributed by atoms with Crippen LogP contribution in [0, 0.1) is 5.82 Å². The minimum atomic E-state index is -0.519. The summed E-state index contributed by atoms with van der Waals surface area (Å²) in [6.07, 6.45) is 2.92. The molecule has 25 heavy (non-hydrogen) atoms. The summed E-state index contributed by atoms with van der Waals surface area (Å²) in [6, 6.07) is 4.03. The van der Waals surface area contributed by atoms with Crippen LogP contribution in [-0.2, 0) is 6.54 Å². The summed E-state index contributed by atoms with van der Waals surface area (Å²) in [4.78, 5) is 14.6. The SMILES string of the molecule is CN(Cc1ccc(F)c(Cl)c1)c1ncnc2c1ncn2C(CO)CO. The molecule has 3 aromatic rings. The number of rotatable bonds is 6. The van der Waals surface area contributed by atoms with E-state index < -0.39 is 11.9 Å². The zero-order valence-electron chi connectivity index (χ0n) is 13.5. The highest BCUT2D eigenvalue weighted by Gasteiger charge is 2.18. The van der Waals surface area contributed by atoms with Gasteiger partial charge in [0, 0.05) is 13.6 Å². The normalized spacial score (nSPS) is 11.4. The van der Waals surface area contributed by atoms with Crippen molar-refractivity contribution in [2.45, 2.75) is 12.6 Å². The van der Waals surface area contributed by atoms with Gasteiger partial charge < -0.3 is 19.7 Å². The molecule has 3 rings (SSSR count). The van der Waals surface area contributed by atoms with Crippen molar-refractivity contribution in [1.82, 2.24) is 19.5 Å². The van der Waals surface area contributed by atoms with Crippen molar-refractivity contribution in [3.05, 3.63) is 47.3 Å². The van der Waals surface area contributed by atoms with Crippen LogP contribution < -0.4 is 4.90 Å². The summed E-state index contributed by atoms with van der Waals surface area (Å²) < 4.78 is 14.9. The van der Waals surface area contributed by atoms with Gasteiger partial charge >= 0.3 is 0 Å². The molecule has 0 aliphatic rings. The molecule has 132 valence electrons. The van der Waals surface area contributed by atoms with Gasteiger partial charge in [-0.2, -0.15) is 0 Å². The van der Waals surface area contributed by atoms with E-state index in [1.807, 2.05) is 11.9 Å². The van der Waals surface area contributed by atoms with E-state index in [0.717, 1.165) is 5.56 Å². The molecular weight excluding hydrogens is 349 g/mol. The van der Waals surface area contributed by atoms with Gasteiger partial charge in [-0.05, 0) is 17.7 Å². The van der Waals surface area contributed by atoms with Crippen molar-refractivity contribution in [2.24, 2.45) is 0 Å². The molecule has 0 radical (unpaired) electrons. The molecule has 1 aromatic carbocycles. The third-order valence-corrected chi connectivity index (χ3v) is 4.21. The van der Waals surface area contributed by atoms with Gasteiger partial charge in [0.05, 0.1) is 30.6 Å². The number of fused-ring (bicyclic) bond motifs is 1. The lowest BCUT2D eigenvalue weighted by Gasteiger charge is -2.19. The molecule has 2 aromatic heterocycles. The molecule has 0 unspecified atom stereocenters. The summed E-state index contributed by atoms with van der Waals surface area (Å²) in [6.45, 7) is -0.0150. The molecule has 0 atom stereocenters. The number of benzene rings is 1. The van der Waals surface area contributed by atoms with Crippen LogP contribution in [0.2, 0.25) is 5.02 Å². The van der Waals surface area contributed by atoms with Crippen molar-refractivity contribution in [2.75, 3.05) is 25.2 Å². The Balaban J connectivity index is 1.93. The third kappa shape index (κ3) is 3.41. The number of nitrogens with zero attached hydrogens (tertiary/aromatic N) is 5. The fraction of sp³-hybridized carbons (Fsp3) is 0.312. The predicted octanol–water partition coefficient (Wildman–Crippen LogP) is 1.78. The van der Waals surface area contributed by atoms with Crippen LogP contribution in [0.3, 0.4) is 0 Å². The molecule has 0 amide bonds. The van der Waals surface area contributed by atoms with E-state index in [0.29, 0.717) is 23.5 Å². The molecule has 0 fully saturated rings. The van der Waals surface area contributed by atoms with Crippen LogP contribution in [0.5, 0.6) is 0 Å². The lowest BCUT2D eigenvalue weighted by molar-refractivity contribution is 0.156. The molecule has 2 N–H and O–H groups in total. The fourth-order valence-electron chi connectivity index (χ4n) is 2.61. The van der Waals surface area contributed by atoms with E-state index in [1.165, 1.54) is 18.7 Å². The molecule has 0 spiro atoms. The fourth-order valence-corrected chi connectivity index (χ4v) is 2.81. The van der Waals surface area contributed by atoms with Gasteiger partial charge in [-0.15, -0.1) is 0 Å². The largest absolute Gasteiger partial charge is 0.394 e. The van der Waals surface area contributed by atoms with Gasteiger partial charge in [0.15, 0.2) is 17.0 Å². The van der Waals surface area contributed by atoms with Gasteiger partial charge in [-0.25, -0.2) is 19.3 Å².